The topological polar surface area (TPSA) is 53.8 Å². The lowest BCUT2D eigenvalue weighted by Gasteiger charge is -1.84. The van der Waals surface area contributed by atoms with E-state index in [1.807, 2.05) is 0 Å². The van der Waals surface area contributed by atoms with Gasteiger partial charge in [-0.25, -0.2) is 4.98 Å². The Labute approximate surface area is 119 Å². The monoisotopic (exact) mass is 326 g/mol. The van der Waals surface area contributed by atoms with Crippen LogP contribution in [0.15, 0.2) is 5.38 Å². The van der Waals surface area contributed by atoms with Crippen LogP contribution in [0.5, 0.6) is 0 Å². The number of hydrogen-bond donors (Lipinski definition) is 0. The summed E-state index contributed by atoms with van der Waals surface area (Å²) in [6.45, 7) is 0. The molecule has 0 aliphatic heterocycles. The van der Waals surface area contributed by atoms with E-state index in [9.17, 15) is 4.79 Å². The lowest BCUT2D eigenvalue weighted by atomic mass is 10.3. The summed E-state index contributed by atoms with van der Waals surface area (Å²) in [5.41, 5.74) is 1.21. The summed E-state index contributed by atoms with van der Waals surface area (Å²) < 4.78 is 0. The van der Waals surface area contributed by atoms with Crippen molar-refractivity contribution in [2.75, 3.05) is 5.33 Å². The summed E-state index contributed by atoms with van der Waals surface area (Å²) in [5.74, 6) is 1.53. The number of thiazole rings is 1. The average Bonchev–Trinajstić information content (AvgIpc) is 3.29. The van der Waals surface area contributed by atoms with Gasteiger partial charge < -0.3 is 0 Å². The number of nitriles is 1. The van der Waals surface area contributed by atoms with Crippen LogP contribution < -0.4 is 0 Å². The highest BCUT2D eigenvalue weighted by molar-refractivity contribution is 9.09. The third kappa shape index (κ3) is 4.18. The molecule has 2 saturated carbocycles. The van der Waals surface area contributed by atoms with Gasteiger partial charge in [0.2, 0.25) is 0 Å². The van der Waals surface area contributed by atoms with Gasteiger partial charge in [-0.3, -0.25) is 4.79 Å². The molecule has 3 rings (SSSR count). The largest absolute Gasteiger partial charge is 0.298 e. The summed E-state index contributed by atoms with van der Waals surface area (Å²) in [6.07, 6.45) is 5.30. The van der Waals surface area contributed by atoms with E-state index in [2.05, 4.69) is 32.4 Å². The molecule has 5 heteroatoms. The maximum absolute atomic E-state index is 10.5. The Kier molecular flexibility index (Phi) is 4.90. The Morgan fingerprint density at radius 2 is 2.22 bits per heavy atom. The van der Waals surface area contributed by atoms with Crippen LogP contribution in [0.2, 0.25) is 0 Å². The van der Waals surface area contributed by atoms with Gasteiger partial charge in [0.25, 0.3) is 0 Å². The predicted molar refractivity (Wildman–Crippen MR) is 74.9 cm³/mol. The van der Waals surface area contributed by atoms with Crippen LogP contribution in [0.25, 0.3) is 0 Å². The molecule has 1 aromatic rings. The number of Topliss-reactive ketones (excluding diaryl/α,β-unsaturated/α-hetero) is 1. The van der Waals surface area contributed by atoms with Crippen molar-refractivity contribution in [1.29, 1.82) is 5.26 Å². The quantitative estimate of drug-likeness (QED) is 0.796. The zero-order valence-electron chi connectivity index (χ0n) is 10.1. The zero-order valence-corrected chi connectivity index (χ0v) is 12.5. The van der Waals surface area contributed by atoms with Crippen LogP contribution >= 0.6 is 27.3 Å². The molecule has 2 aliphatic carbocycles. The van der Waals surface area contributed by atoms with Crippen LogP contribution in [0.4, 0.5) is 0 Å². The molecular weight excluding hydrogens is 312 g/mol. The van der Waals surface area contributed by atoms with Crippen molar-refractivity contribution in [1.82, 2.24) is 4.98 Å². The summed E-state index contributed by atoms with van der Waals surface area (Å²) in [6, 6.07) is 2.10. The van der Waals surface area contributed by atoms with Gasteiger partial charge >= 0.3 is 0 Å². The molecular formula is C13H15BrN2OS. The third-order valence-corrected chi connectivity index (χ3v) is 4.38. The number of nitrogens with zero attached hydrogens (tertiary/aromatic N) is 2. The van der Waals surface area contributed by atoms with Gasteiger partial charge in [-0.05, 0) is 25.7 Å². The molecule has 0 amide bonds. The number of aromatic nitrogens is 1. The molecule has 2 fully saturated rings. The second kappa shape index (κ2) is 6.44. The van der Waals surface area contributed by atoms with Gasteiger partial charge in [0, 0.05) is 17.2 Å². The van der Waals surface area contributed by atoms with Gasteiger partial charge in [0.1, 0.15) is 10.8 Å². The molecule has 1 heterocycles. The molecule has 0 spiro atoms. The first-order valence-electron chi connectivity index (χ1n) is 6.14. The van der Waals surface area contributed by atoms with Crippen molar-refractivity contribution in [3.05, 3.63) is 16.1 Å². The lowest BCUT2D eigenvalue weighted by Crippen LogP contribution is -1.99. The average molecular weight is 327 g/mol. The molecule has 0 N–H and O–H groups in total. The minimum absolute atomic E-state index is 0.375. The van der Waals surface area contributed by atoms with Crippen molar-refractivity contribution in [2.45, 2.75) is 38.0 Å². The van der Waals surface area contributed by atoms with E-state index in [1.165, 1.54) is 18.5 Å². The first kappa shape index (κ1) is 13.7. The standard InChI is InChI=1S/C8H8N2S.C5H7BrO/c9-4-3-8-10-7(5-11-8)6-1-2-6;6-3-5(7)4-1-2-4/h5-6H,1-3H2;4H,1-3H2. The van der Waals surface area contributed by atoms with Crippen molar-refractivity contribution < 1.29 is 4.79 Å². The fourth-order valence-corrected chi connectivity index (χ4v) is 2.82. The summed E-state index contributed by atoms with van der Waals surface area (Å²) >= 11 is 4.71. The van der Waals surface area contributed by atoms with Crippen molar-refractivity contribution in [3.8, 4) is 6.07 Å². The molecule has 0 bridgehead atoms. The van der Waals surface area contributed by atoms with Gasteiger partial charge in [-0.1, -0.05) is 15.9 Å². The number of carbonyl (C=O) groups is 1. The molecule has 0 aromatic carbocycles. The molecule has 0 radical (unpaired) electrons. The Morgan fingerprint density at radius 1 is 1.50 bits per heavy atom. The van der Waals surface area contributed by atoms with Crippen molar-refractivity contribution >= 4 is 33.0 Å². The maximum atomic E-state index is 10.5. The SMILES string of the molecule is N#CCc1nc(C2CC2)cs1.O=C(CBr)C1CC1. The van der Waals surface area contributed by atoms with E-state index >= 15 is 0 Å². The highest BCUT2D eigenvalue weighted by Gasteiger charge is 2.28. The number of hydrogen-bond acceptors (Lipinski definition) is 4. The first-order valence-corrected chi connectivity index (χ1v) is 8.14. The maximum Gasteiger partial charge on any atom is 0.146 e. The summed E-state index contributed by atoms with van der Waals surface area (Å²) in [7, 11) is 0. The van der Waals surface area contributed by atoms with Crippen LogP contribution in [0.1, 0.15) is 42.3 Å². The van der Waals surface area contributed by atoms with E-state index in [1.54, 1.807) is 11.3 Å². The molecule has 2 aliphatic rings. The molecule has 3 nitrogen and oxygen atoms in total. The third-order valence-electron chi connectivity index (χ3n) is 2.96. The fourth-order valence-electron chi connectivity index (χ4n) is 1.55. The van der Waals surface area contributed by atoms with Crippen molar-refractivity contribution in [2.24, 2.45) is 5.92 Å². The zero-order chi connectivity index (χ0) is 13.0. The van der Waals surface area contributed by atoms with E-state index in [0.29, 0.717) is 23.5 Å². The number of alkyl halides is 1. The minimum Gasteiger partial charge on any atom is -0.298 e. The van der Waals surface area contributed by atoms with Crippen LogP contribution in [0.3, 0.4) is 0 Å². The van der Waals surface area contributed by atoms with Gasteiger partial charge in [0.15, 0.2) is 0 Å². The molecule has 0 unspecified atom stereocenters. The minimum atomic E-state index is 0.375. The summed E-state index contributed by atoms with van der Waals surface area (Å²) in [5, 5.41) is 12.0. The van der Waals surface area contributed by atoms with Crippen LogP contribution in [-0.4, -0.2) is 16.1 Å². The number of ketones is 1. The van der Waals surface area contributed by atoms with E-state index in [-0.39, 0.29) is 0 Å². The van der Waals surface area contributed by atoms with Gasteiger partial charge in [-0.15, -0.1) is 11.3 Å². The molecule has 18 heavy (non-hydrogen) atoms. The fraction of sp³-hybridized carbons (Fsp3) is 0.615. The summed E-state index contributed by atoms with van der Waals surface area (Å²) in [4.78, 5) is 14.9. The Hall–Kier alpha value is -0.730. The van der Waals surface area contributed by atoms with E-state index < -0.39 is 0 Å². The van der Waals surface area contributed by atoms with E-state index in [4.69, 9.17) is 5.26 Å². The number of rotatable bonds is 4. The second-order valence-corrected chi connectivity index (χ2v) is 6.15. The smallest absolute Gasteiger partial charge is 0.146 e. The first-order chi connectivity index (χ1) is 8.74. The van der Waals surface area contributed by atoms with Crippen LogP contribution in [-0.2, 0) is 11.2 Å². The normalized spacial score (nSPS) is 17.6. The highest BCUT2D eigenvalue weighted by atomic mass is 79.9. The molecule has 0 saturated heterocycles. The van der Waals surface area contributed by atoms with Crippen LogP contribution in [0, 0.1) is 17.2 Å². The highest BCUT2D eigenvalue weighted by Crippen LogP contribution is 2.40. The lowest BCUT2D eigenvalue weighted by molar-refractivity contribution is -0.117. The predicted octanol–water partition coefficient (Wildman–Crippen LogP) is 3.45. The Balaban J connectivity index is 0.000000149. The second-order valence-electron chi connectivity index (χ2n) is 4.65. The van der Waals surface area contributed by atoms with Crippen molar-refractivity contribution in [3.63, 3.8) is 0 Å². The molecule has 96 valence electrons. The van der Waals surface area contributed by atoms with Gasteiger partial charge in [-0.2, -0.15) is 5.26 Å². The Bertz CT molecular complexity index is 458. The molecule has 1 aromatic heterocycles. The van der Waals surface area contributed by atoms with Gasteiger partial charge in [0.05, 0.1) is 23.5 Å². The van der Waals surface area contributed by atoms with E-state index in [0.717, 1.165) is 23.8 Å². The number of carbonyl (C=O) groups excluding carboxylic acids is 1. The Morgan fingerprint density at radius 3 is 2.67 bits per heavy atom. The number of halogens is 1. The molecule has 0 atom stereocenters.